The highest BCUT2D eigenvalue weighted by Gasteiger charge is 2.30. The molecule has 3 rings (SSSR count). The standard InChI is InChI=1S/C25H22F3N3O3S/c1-2-13-34-21-11-9-16(10-12-21)22(32)31-24(35)30-19-7-3-5-17(14-19)23(33)29-20-8-4-6-18(15-20)25(26,27)28/h3-12,14-15H,2,13H2,1H3,(H,29,33)(H2,30,31,32,35). The van der Waals surface area contributed by atoms with Gasteiger partial charge in [-0.1, -0.05) is 19.1 Å². The molecule has 0 aromatic heterocycles. The number of thiocarbonyl (C=S) groups is 1. The third-order valence-electron chi connectivity index (χ3n) is 4.65. The normalized spacial score (nSPS) is 10.9. The Morgan fingerprint density at radius 3 is 2.17 bits per heavy atom. The number of rotatable bonds is 7. The van der Waals surface area contributed by atoms with Crippen LogP contribution in [0.1, 0.15) is 39.6 Å². The third kappa shape index (κ3) is 7.54. The van der Waals surface area contributed by atoms with Crippen molar-refractivity contribution in [3.8, 4) is 5.75 Å². The molecule has 0 radical (unpaired) electrons. The van der Waals surface area contributed by atoms with Crippen molar-refractivity contribution in [2.75, 3.05) is 17.2 Å². The average molecular weight is 502 g/mol. The zero-order chi connectivity index (χ0) is 25.4. The summed E-state index contributed by atoms with van der Waals surface area (Å²) in [7, 11) is 0. The molecule has 0 bridgehead atoms. The first kappa shape index (κ1) is 25.7. The number of amides is 2. The van der Waals surface area contributed by atoms with Crippen LogP contribution in [0.25, 0.3) is 0 Å². The average Bonchev–Trinajstić information content (AvgIpc) is 2.82. The summed E-state index contributed by atoms with van der Waals surface area (Å²) >= 11 is 5.18. The van der Waals surface area contributed by atoms with Gasteiger partial charge < -0.3 is 15.4 Å². The molecule has 3 aromatic rings. The van der Waals surface area contributed by atoms with Gasteiger partial charge in [-0.05, 0) is 79.3 Å². The van der Waals surface area contributed by atoms with E-state index in [1.165, 1.54) is 24.3 Å². The van der Waals surface area contributed by atoms with E-state index in [9.17, 15) is 22.8 Å². The minimum absolute atomic E-state index is 0.0109. The minimum Gasteiger partial charge on any atom is -0.494 e. The molecule has 0 saturated carbocycles. The number of nitrogens with one attached hydrogen (secondary N) is 3. The number of hydrogen-bond donors (Lipinski definition) is 3. The largest absolute Gasteiger partial charge is 0.494 e. The van der Waals surface area contributed by atoms with Crippen molar-refractivity contribution in [1.82, 2.24) is 5.32 Å². The molecular weight excluding hydrogens is 479 g/mol. The molecule has 0 fully saturated rings. The van der Waals surface area contributed by atoms with Gasteiger partial charge in [0.05, 0.1) is 12.2 Å². The number of benzene rings is 3. The summed E-state index contributed by atoms with van der Waals surface area (Å²) in [6, 6.07) is 17.1. The van der Waals surface area contributed by atoms with Crippen LogP contribution in [0.4, 0.5) is 24.5 Å². The fraction of sp³-hybridized carbons (Fsp3) is 0.160. The Morgan fingerprint density at radius 1 is 0.857 bits per heavy atom. The maximum Gasteiger partial charge on any atom is 0.416 e. The van der Waals surface area contributed by atoms with Gasteiger partial charge in [0, 0.05) is 22.5 Å². The maximum atomic E-state index is 12.9. The lowest BCUT2D eigenvalue weighted by Gasteiger charge is -2.12. The van der Waals surface area contributed by atoms with Gasteiger partial charge in [-0.15, -0.1) is 0 Å². The molecule has 182 valence electrons. The number of hydrogen-bond acceptors (Lipinski definition) is 4. The summed E-state index contributed by atoms with van der Waals surface area (Å²) in [6.45, 7) is 2.57. The van der Waals surface area contributed by atoms with E-state index in [2.05, 4.69) is 16.0 Å². The van der Waals surface area contributed by atoms with Gasteiger partial charge in [-0.2, -0.15) is 13.2 Å². The quantitative estimate of drug-likeness (QED) is 0.353. The molecule has 0 aliphatic carbocycles. The van der Waals surface area contributed by atoms with Crippen LogP contribution in [0.2, 0.25) is 0 Å². The molecular formula is C25H22F3N3O3S. The molecule has 0 atom stereocenters. The van der Waals surface area contributed by atoms with Gasteiger partial charge in [-0.3, -0.25) is 14.9 Å². The van der Waals surface area contributed by atoms with E-state index < -0.39 is 23.6 Å². The van der Waals surface area contributed by atoms with E-state index in [0.29, 0.717) is 23.6 Å². The van der Waals surface area contributed by atoms with Crippen LogP contribution in [0.3, 0.4) is 0 Å². The molecule has 2 amide bonds. The van der Waals surface area contributed by atoms with Gasteiger partial charge >= 0.3 is 6.18 Å². The second kappa shape index (κ2) is 11.5. The lowest BCUT2D eigenvalue weighted by Crippen LogP contribution is -2.34. The number of ether oxygens (including phenoxy) is 1. The fourth-order valence-electron chi connectivity index (χ4n) is 2.97. The zero-order valence-corrected chi connectivity index (χ0v) is 19.4. The van der Waals surface area contributed by atoms with Crippen LogP contribution in [0.5, 0.6) is 5.75 Å². The Hall–Kier alpha value is -3.92. The second-order valence-electron chi connectivity index (χ2n) is 7.39. The smallest absolute Gasteiger partial charge is 0.416 e. The first-order valence-corrected chi connectivity index (χ1v) is 11.0. The van der Waals surface area contributed by atoms with Crippen LogP contribution < -0.4 is 20.7 Å². The van der Waals surface area contributed by atoms with Crippen LogP contribution >= 0.6 is 12.2 Å². The molecule has 0 heterocycles. The van der Waals surface area contributed by atoms with E-state index in [-0.39, 0.29) is 16.4 Å². The molecule has 3 N–H and O–H groups in total. The first-order valence-electron chi connectivity index (χ1n) is 10.6. The highest BCUT2D eigenvalue weighted by Crippen LogP contribution is 2.30. The first-order chi connectivity index (χ1) is 16.7. The monoisotopic (exact) mass is 501 g/mol. The topological polar surface area (TPSA) is 79.5 Å². The van der Waals surface area contributed by atoms with Gasteiger partial charge in [0.2, 0.25) is 0 Å². The molecule has 35 heavy (non-hydrogen) atoms. The summed E-state index contributed by atoms with van der Waals surface area (Å²) in [6.07, 6.45) is -3.65. The number of carbonyl (C=O) groups excluding carboxylic acids is 2. The number of halogens is 3. The van der Waals surface area contributed by atoms with Crippen LogP contribution in [-0.2, 0) is 6.18 Å². The number of carbonyl (C=O) groups is 2. The number of anilines is 2. The molecule has 3 aromatic carbocycles. The molecule has 0 aliphatic rings. The molecule has 0 unspecified atom stereocenters. The second-order valence-corrected chi connectivity index (χ2v) is 7.80. The highest BCUT2D eigenvalue weighted by atomic mass is 32.1. The summed E-state index contributed by atoms with van der Waals surface area (Å²) in [4.78, 5) is 25.0. The summed E-state index contributed by atoms with van der Waals surface area (Å²) < 4.78 is 44.2. The number of alkyl halides is 3. The van der Waals surface area contributed by atoms with Crippen molar-refractivity contribution in [3.63, 3.8) is 0 Å². The van der Waals surface area contributed by atoms with E-state index >= 15 is 0 Å². The fourth-order valence-corrected chi connectivity index (χ4v) is 3.19. The lowest BCUT2D eigenvalue weighted by atomic mass is 10.1. The Labute approximate surface area is 205 Å². The molecule has 6 nitrogen and oxygen atoms in total. The van der Waals surface area contributed by atoms with Crippen molar-refractivity contribution >= 4 is 40.5 Å². The van der Waals surface area contributed by atoms with Gasteiger partial charge in [-0.25, -0.2) is 0 Å². The molecule has 0 aliphatic heterocycles. The van der Waals surface area contributed by atoms with Crippen molar-refractivity contribution in [2.24, 2.45) is 0 Å². The Balaban J connectivity index is 1.60. The lowest BCUT2D eigenvalue weighted by molar-refractivity contribution is -0.137. The van der Waals surface area contributed by atoms with Gasteiger partial charge in [0.1, 0.15) is 5.75 Å². The molecule has 0 saturated heterocycles. The van der Waals surface area contributed by atoms with Gasteiger partial charge in [0.25, 0.3) is 11.8 Å². The van der Waals surface area contributed by atoms with Crippen molar-refractivity contribution in [2.45, 2.75) is 19.5 Å². The van der Waals surface area contributed by atoms with E-state index in [1.807, 2.05) is 6.92 Å². The Morgan fingerprint density at radius 2 is 1.51 bits per heavy atom. The van der Waals surface area contributed by atoms with Crippen LogP contribution in [0.15, 0.2) is 72.8 Å². The molecule has 0 spiro atoms. The minimum atomic E-state index is -4.52. The van der Waals surface area contributed by atoms with Crippen molar-refractivity contribution in [1.29, 1.82) is 0 Å². The van der Waals surface area contributed by atoms with E-state index in [4.69, 9.17) is 17.0 Å². The van der Waals surface area contributed by atoms with Crippen LogP contribution in [-0.4, -0.2) is 23.5 Å². The maximum absolute atomic E-state index is 12.9. The Bertz CT molecular complexity index is 1210. The third-order valence-corrected chi connectivity index (χ3v) is 4.85. The Kier molecular flexibility index (Phi) is 8.43. The van der Waals surface area contributed by atoms with Crippen molar-refractivity contribution in [3.05, 3.63) is 89.5 Å². The zero-order valence-electron chi connectivity index (χ0n) is 18.6. The predicted octanol–water partition coefficient (Wildman–Crippen LogP) is 5.87. The van der Waals surface area contributed by atoms with E-state index in [0.717, 1.165) is 18.6 Å². The van der Waals surface area contributed by atoms with Crippen LogP contribution in [0, 0.1) is 0 Å². The predicted molar refractivity (Wildman–Crippen MR) is 132 cm³/mol. The highest BCUT2D eigenvalue weighted by molar-refractivity contribution is 7.80. The van der Waals surface area contributed by atoms with Crippen molar-refractivity contribution < 1.29 is 27.5 Å². The molecule has 10 heteroatoms. The van der Waals surface area contributed by atoms with E-state index in [1.54, 1.807) is 36.4 Å². The summed E-state index contributed by atoms with van der Waals surface area (Å²) in [5, 5.41) is 7.82. The summed E-state index contributed by atoms with van der Waals surface area (Å²) in [5.41, 5.74) is 0.124. The SMILES string of the molecule is CCCOc1ccc(C(=O)NC(=S)Nc2cccc(C(=O)Nc3cccc(C(F)(F)F)c3)c2)cc1. The van der Waals surface area contributed by atoms with Gasteiger partial charge in [0.15, 0.2) is 5.11 Å². The summed E-state index contributed by atoms with van der Waals surface area (Å²) in [5.74, 6) is -0.374.